The molecule has 0 radical (unpaired) electrons. The molecule has 1 N–H and O–H groups in total. The first-order valence-corrected chi connectivity index (χ1v) is 7.80. The summed E-state index contributed by atoms with van der Waals surface area (Å²) in [5.74, 6) is 0.368. The summed E-state index contributed by atoms with van der Waals surface area (Å²) in [6.07, 6.45) is 3.22. The number of carbonyl (C=O) groups is 2. The number of rotatable bonds is 1. The number of hydrogen-bond donors (Lipinski definition) is 1. The average Bonchev–Trinajstić information content (AvgIpc) is 2.68. The number of nitrogens with one attached hydrogen (secondary N) is 1. The van der Waals surface area contributed by atoms with Crippen LogP contribution in [0.3, 0.4) is 0 Å². The van der Waals surface area contributed by atoms with E-state index in [0.29, 0.717) is 34.5 Å². The third-order valence-corrected chi connectivity index (χ3v) is 4.99. The van der Waals surface area contributed by atoms with Crippen molar-refractivity contribution in [2.24, 2.45) is 5.92 Å². The summed E-state index contributed by atoms with van der Waals surface area (Å²) in [5.41, 5.74) is -0.419. The van der Waals surface area contributed by atoms with E-state index in [1.165, 1.54) is 0 Å². The van der Waals surface area contributed by atoms with Gasteiger partial charge in [-0.25, -0.2) is 9.69 Å². The maximum Gasteiger partial charge on any atom is 0.329 e. The van der Waals surface area contributed by atoms with E-state index in [9.17, 15) is 9.59 Å². The fourth-order valence-electron chi connectivity index (χ4n) is 3.09. The van der Waals surface area contributed by atoms with Crippen LogP contribution in [0.4, 0.5) is 10.5 Å². The van der Waals surface area contributed by atoms with Crippen LogP contribution < -0.4 is 10.2 Å². The quantitative estimate of drug-likeness (QED) is 0.793. The Morgan fingerprint density at radius 1 is 1.24 bits per heavy atom. The van der Waals surface area contributed by atoms with Crippen LogP contribution in [0.5, 0.6) is 0 Å². The minimum absolute atomic E-state index is 0.219. The van der Waals surface area contributed by atoms with E-state index in [2.05, 4.69) is 12.2 Å². The molecule has 2 aliphatic rings. The van der Waals surface area contributed by atoms with E-state index in [4.69, 9.17) is 23.2 Å². The molecular weight excluding hydrogens is 311 g/mol. The molecule has 6 heteroatoms. The number of halogens is 2. The van der Waals surface area contributed by atoms with Gasteiger partial charge < -0.3 is 5.32 Å². The van der Waals surface area contributed by atoms with Crippen LogP contribution in [0.25, 0.3) is 0 Å². The van der Waals surface area contributed by atoms with Gasteiger partial charge in [-0.2, -0.15) is 0 Å². The van der Waals surface area contributed by atoms with Crippen molar-refractivity contribution < 1.29 is 9.59 Å². The molecule has 1 heterocycles. The Balaban J connectivity index is 1.96. The van der Waals surface area contributed by atoms with E-state index in [0.717, 1.165) is 17.7 Å². The minimum atomic E-state index is -0.769. The highest BCUT2D eigenvalue weighted by atomic mass is 35.5. The topological polar surface area (TPSA) is 49.4 Å². The first-order chi connectivity index (χ1) is 9.93. The van der Waals surface area contributed by atoms with E-state index >= 15 is 0 Å². The molecule has 1 aromatic rings. The van der Waals surface area contributed by atoms with E-state index < -0.39 is 11.6 Å². The highest BCUT2D eigenvalue weighted by Gasteiger charge is 2.52. The number of imide groups is 1. The molecule has 3 amide bonds. The van der Waals surface area contributed by atoms with Gasteiger partial charge in [-0.05, 0) is 49.8 Å². The summed E-state index contributed by atoms with van der Waals surface area (Å²) < 4.78 is 0. The van der Waals surface area contributed by atoms with Crippen LogP contribution in [-0.4, -0.2) is 17.5 Å². The van der Waals surface area contributed by atoms with Crippen molar-refractivity contribution in [2.75, 3.05) is 4.90 Å². The second kappa shape index (κ2) is 5.18. The van der Waals surface area contributed by atoms with Crippen molar-refractivity contribution in [1.29, 1.82) is 0 Å². The Morgan fingerprint density at radius 3 is 2.57 bits per heavy atom. The third kappa shape index (κ3) is 2.40. The van der Waals surface area contributed by atoms with Crippen molar-refractivity contribution in [3.05, 3.63) is 28.2 Å². The Morgan fingerprint density at radius 2 is 1.90 bits per heavy atom. The molecule has 112 valence electrons. The van der Waals surface area contributed by atoms with Crippen LogP contribution in [0.2, 0.25) is 10.0 Å². The number of nitrogens with zero attached hydrogens (tertiary/aromatic N) is 1. The van der Waals surface area contributed by atoms with Crippen LogP contribution in [-0.2, 0) is 4.79 Å². The molecular formula is C15H16Cl2N2O2. The van der Waals surface area contributed by atoms with E-state index in [1.807, 2.05) is 0 Å². The second-order valence-electron chi connectivity index (χ2n) is 5.93. The highest BCUT2D eigenvalue weighted by Crippen LogP contribution is 2.40. The molecule has 4 nitrogen and oxygen atoms in total. The Kier molecular flexibility index (Phi) is 3.62. The smallest absolute Gasteiger partial charge is 0.323 e. The van der Waals surface area contributed by atoms with Crippen LogP contribution in [0.1, 0.15) is 32.6 Å². The summed E-state index contributed by atoms with van der Waals surface area (Å²) in [4.78, 5) is 26.2. The largest absolute Gasteiger partial charge is 0.329 e. The maximum absolute atomic E-state index is 12.8. The maximum atomic E-state index is 12.8. The molecule has 21 heavy (non-hydrogen) atoms. The molecule has 2 fully saturated rings. The number of hydrogen-bond acceptors (Lipinski definition) is 2. The third-order valence-electron chi connectivity index (χ3n) is 4.44. The van der Waals surface area contributed by atoms with Crippen molar-refractivity contribution in [3.8, 4) is 0 Å². The zero-order chi connectivity index (χ0) is 15.2. The second-order valence-corrected chi connectivity index (χ2v) is 6.77. The minimum Gasteiger partial charge on any atom is -0.323 e. The number of amides is 3. The fourth-order valence-corrected chi connectivity index (χ4v) is 3.46. The Hall–Kier alpha value is -1.26. The molecule has 0 bridgehead atoms. The Labute approximate surface area is 133 Å². The van der Waals surface area contributed by atoms with E-state index in [1.54, 1.807) is 18.2 Å². The lowest BCUT2D eigenvalue weighted by atomic mass is 9.77. The fraction of sp³-hybridized carbons (Fsp3) is 0.467. The van der Waals surface area contributed by atoms with Gasteiger partial charge in [0.1, 0.15) is 5.54 Å². The van der Waals surface area contributed by atoms with Gasteiger partial charge in [0.2, 0.25) is 0 Å². The molecule has 1 aliphatic carbocycles. The van der Waals surface area contributed by atoms with Gasteiger partial charge >= 0.3 is 6.03 Å². The SMILES string of the molecule is CC1CCC2(CC1)NC(=O)N(c1cc(Cl)ccc1Cl)C2=O. The normalized spacial score (nSPS) is 29.1. The van der Waals surface area contributed by atoms with Crippen LogP contribution in [0.15, 0.2) is 18.2 Å². The number of carbonyl (C=O) groups excluding carboxylic acids is 2. The predicted molar refractivity (Wildman–Crippen MR) is 82.8 cm³/mol. The van der Waals surface area contributed by atoms with E-state index in [-0.39, 0.29) is 5.91 Å². The molecule has 1 aromatic carbocycles. The van der Waals surface area contributed by atoms with Gasteiger partial charge in [0, 0.05) is 5.02 Å². The average molecular weight is 327 g/mol. The molecule has 0 aromatic heterocycles. The standard InChI is InChI=1S/C15H16Cl2N2O2/c1-9-4-6-15(7-5-9)13(20)19(14(21)18-15)12-8-10(16)2-3-11(12)17/h2-3,8-9H,4-7H2,1H3,(H,18,21). The zero-order valence-corrected chi connectivity index (χ0v) is 13.2. The van der Waals surface area contributed by atoms with Gasteiger partial charge in [-0.3, -0.25) is 4.79 Å². The first-order valence-electron chi connectivity index (χ1n) is 7.05. The van der Waals surface area contributed by atoms with Gasteiger partial charge in [0.15, 0.2) is 0 Å². The Bertz CT molecular complexity index is 610. The number of anilines is 1. The summed E-state index contributed by atoms with van der Waals surface area (Å²) in [6.45, 7) is 2.17. The van der Waals surface area contributed by atoms with Gasteiger partial charge in [0.05, 0.1) is 10.7 Å². The lowest BCUT2D eigenvalue weighted by molar-refractivity contribution is -0.123. The van der Waals surface area contributed by atoms with Crippen LogP contribution in [0, 0.1) is 5.92 Å². The summed E-state index contributed by atoms with van der Waals surface area (Å²) in [7, 11) is 0. The lowest BCUT2D eigenvalue weighted by Gasteiger charge is -2.33. The number of urea groups is 1. The van der Waals surface area contributed by atoms with Gasteiger partial charge in [0.25, 0.3) is 5.91 Å². The zero-order valence-electron chi connectivity index (χ0n) is 11.7. The summed E-state index contributed by atoms with van der Waals surface area (Å²) >= 11 is 12.1. The van der Waals surface area contributed by atoms with Crippen molar-refractivity contribution in [1.82, 2.24) is 5.32 Å². The molecule has 1 saturated carbocycles. The highest BCUT2D eigenvalue weighted by molar-refractivity contribution is 6.37. The van der Waals surface area contributed by atoms with Crippen molar-refractivity contribution in [3.63, 3.8) is 0 Å². The molecule has 1 saturated heterocycles. The monoisotopic (exact) mass is 326 g/mol. The molecule has 0 unspecified atom stereocenters. The predicted octanol–water partition coefficient (Wildman–Crippen LogP) is 4.00. The molecule has 1 spiro atoms. The van der Waals surface area contributed by atoms with Gasteiger partial charge in [-0.1, -0.05) is 30.1 Å². The van der Waals surface area contributed by atoms with Gasteiger partial charge in [-0.15, -0.1) is 0 Å². The van der Waals surface area contributed by atoms with Crippen molar-refractivity contribution in [2.45, 2.75) is 38.1 Å². The lowest BCUT2D eigenvalue weighted by Crippen LogP contribution is -2.49. The molecule has 0 atom stereocenters. The van der Waals surface area contributed by atoms with Crippen molar-refractivity contribution >= 4 is 40.8 Å². The molecule has 1 aliphatic heterocycles. The summed E-state index contributed by atoms with van der Waals surface area (Å²) in [5, 5.41) is 3.65. The summed E-state index contributed by atoms with van der Waals surface area (Å²) in [6, 6.07) is 4.35. The van der Waals surface area contributed by atoms with Crippen LogP contribution >= 0.6 is 23.2 Å². The number of benzene rings is 1. The first kappa shape index (κ1) is 14.7. The molecule has 3 rings (SSSR count).